The summed E-state index contributed by atoms with van der Waals surface area (Å²) in [5, 5.41) is 3.14. The van der Waals surface area contributed by atoms with Gasteiger partial charge in [-0.25, -0.2) is 0 Å². The molecule has 1 N–H and O–H groups in total. The quantitative estimate of drug-likeness (QED) is 0.849. The van der Waals surface area contributed by atoms with Gasteiger partial charge in [0.05, 0.1) is 17.2 Å². The average molecular weight is 312 g/mol. The van der Waals surface area contributed by atoms with Crippen molar-refractivity contribution in [2.75, 3.05) is 33.4 Å². The number of ether oxygens (including phenoxy) is 1. The SMILES string of the molecule is COCCN1C[C@H](CNC(=O)c2ccncc2Cl)CC1=O. The molecule has 6 nitrogen and oxygen atoms in total. The van der Waals surface area contributed by atoms with Gasteiger partial charge in [0.15, 0.2) is 0 Å². The molecule has 1 aromatic rings. The molecule has 1 atom stereocenters. The van der Waals surface area contributed by atoms with Crippen molar-refractivity contribution in [1.29, 1.82) is 0 Å². The third-order valence-corrected chi connectivity index (χ3v) is 3.73. The van der Waals surface area contributed by atoms with Crippen molar-refractivity contribution >= 4 is 23.4 Å². The Bertz CT molecular complexity index is 524. The zero-order valence-electron chi connectivity index (χ0n) is 11.8. The van der Waals surface area contributed by atoms with Crippen molar-refractivity contribution < 1.29 is 14.3 Å². The highest BCUT2D eigenvalue weighted by molar-refractivity contribution is 6.33. The first-order valence-corrected chi connectivity index (χ1v) is 7.14. The van der Waals surface area contributed by atoms with Crippen LogP contribution in [0.2, 0.25) is 5.02 Å². The number of likely N-dealkylation sites (tertiary alicyclic amines) is 1. The first-order chi connectivity index (χ1) is 10.1. The zero-order valence-corrected chi connectivity index (χ0v) is 12.6. The molecule has 0 unspecified atom stereocenters. The maximum atomic E-state index is 12.0. The summed E-state index contributed by atoms with van der Waals surface area (Å²) in [4.78, 5) is 29.4. The van der Waals surface area contributed by atoms with E-state index in [4.69, 9.17) is 16.3 Å². The number of methoxy groups -OCH3 is 1. The van der Waals surface area contributed by atoms with E-state index in [1.807, 2.05) is 0 Å². The molecule has 0 saturated carbocycles. The van der Waals surface area contributed by atoms with Crippen molar-refractivity contribution in [3.63, 3.8) is 0 Å². The van der Waals surface area contributed by atoms with E-state index in [1.165, 1.54) is 12.4 Å². The summed E-state index contributed by atoms with van der Waals surface area (Å²) in [5.74, 6) is -0.0163. The fourth-order valence-corrected chi connectivity index (χ4v) is 2.51. The van der Waals surface area contributed by atoms with Crippen LogP contribution in [0.3, 0.4) is 0 Å². The molecule has 7 heteroatoms. The Kier molecular flexibility index (Phi) is 5.52. The molecule has 2 amide bonds. The van der Waals surface area contributed by atoms with Crippen molar-refractivity contribution in [3.05, 3.63) is 29.0 Å². The van der Waals surface area contributed by atoms with Gasteiger partial charge in [0, 0.05) is 51.5 Å². The monoisotopic (exact) mass is 311 g/mol. The maximum absolute atomic E-state index is 12.0. The molecule has 1 saturated heterocycles. The fraction of sp³-hybridized carbons (Fsp3) is 0.500. The molecule has 0 spiro atoms. The van der Waals surface area contributed by atoms with E-state index in [2.05, 4.69) is 10.3 Å². The van der Waals surface area contributed by atoms with Crippen LogP contribution in [-0.2, 0) is 9.53 Å². The molecular formula is C14H18ClN3O3. The highest BCUT2D eigenvalue weighted by Crippen LogP contribution is 2.17. The van der Waals surface area contributed by atoms with Crippen molar-refractivity contribution in [1.82, 2.24) is 15.2 Å². The van der Waals surface area contributed by atoms with Crippen LogP contribution < -0.4 is 5.32 Å². The Morgan fingerprint density at radius 3 is 3.14 bits per heavy atom. The van der Waals surface area contributed by atoms with Crippen LogP contribution in [-0.4, -0.2) is 55.0 Å². The van der Waals surface area contributed by atoms with Gasteiger partial charge in [-0.1, -0.05) is 11.6 Å². The van der Waals surface area contributed by atoms with E-state index < -0.39 is 0 Å². The summed E-state index contributed by atoms with van der Waals surface area (Å²) >= 11 is 5.92. The van der Waals surface area contributed by atoms with E-state index in [0.717, 1.165) is 0 Å². The van der Waals surface area contributed by atoms with Gasteiger partial charge < -0.3 is 15.0 Å². The lowest BCUT2D eigenvalue weighted by molar-refractivity contribution is -0.128. The number of nitrogens with one attached hydrogen (secondary N) is 1. The number of halogens is 1. The molecule has 2 heterocycles. The molecule has 0 aromatic carbocycles. The normalized spacial score (nSPS) is 18.1. The lowest BCUT2D eigenvalue weighted by Crippen LogP contribution is -2.32. The highest BCUT2D eigenvalue weighted by atomic mass is 35.5. The number of nitrogens with zero attached hydrogens (tertiary/aromatic N) is 2. The standard InChI is InChI=1S/C14H18ClN3O3/c1-21-5-4-18-9-10(6-13(18)19)7-17-14(20)11-2-3-16-8-12(11)15/h2-3,8,10H,4-7,9H2,1H3,(H,17,20)/t10-/m0/s1. The number of rotatable bonds is 6. The summed E-state index contributed by atoms with van der Waals surface area (Å²) in [7, 11) is 1.61. The summed E-state index contributed by atoms with van der Waals surface area (Å²) in [6.07, 6.45) is 3.41. The number of hydrogen-bond acceptors (Lipinski definition) is 4. The second-order valence-electron chi connectivity index (χ2n) is 4.97. The smallest absolute Gasteiger partial charge is 0.252 e. The van der Waals surface area contributed by atoms with Crippen LogP contribution in [0.15, 0.2) is 18.5 Å². The van der Waals surface area contributed by atoms with E-state index in [1.54, 1.807) is 18.1 Å². The van der Waals surface area contributed by atoms with Crippen LogP contribution in [0.5, 0.6) is 0 Å². The Hall–Kier alpha value is -1.66. The van der Waals surface area contributed by atoms with Gasteiger partial charge in [0.2, 0.25) is 5.91 Å². The molecule has 0 radical (unpaired) electrons. The second-order valence-corrected chi connectivity index (χ2v) is 5.38. The van der Waals surface area contributed by atoms with E-state index in [0.29, 0.717) is 43.2 Å². The third-order valence-electron chi connectivity index (χ3n) is 3.43. The lowest BCUT2D eigenvalue weighted by atomic mass is 10.1. The van der Waals surface area contributed by atoms with Crippen LogP contribution in [0.4, 0.5) is 0 Å². The van der Waals surface area contributed by atoms with Gasteiger partial charge in [0.1, 0.15) is 0 Å². The largest absolute Gasteiger partial charge is 0.383 e. The Morgan fingerprint density at radius 2 is 2.43 bits per heavy atom. The number of hydrogen-bond donors (Lipinski definition) is 1. The molecule has 0 bridgehead atoms. The minimum Gasteiger partial charge on any atom is -0.383 e. The second kappa shape index (κ2) is 7.38. The molecular weight excluding hydrogens is 294 g/mol. The molecule has 1 fully saturated rings. The Morgan fingerprint density at radius 1 is 1.62 bits per heavy atom. The molecule has 1 aliphatic rings. The highest BCUT2D eigenvalue weighted by Gasteiger charge is 2.29. The summed E-state index contributed by atoms with van der Waals surface area (Å²) in [6.45, 7) is 2.21. The lowest BCUT2D eigenvalue weighted by Gasteiger charge is -2.16. The number of pyridine rings is 1. The molecule has 1 aliphatic heterocycles. The number of carbonyl (C=O) groups is 2. The third kappa shape index (κ3) is 4.15. The number of amides is 2. The van der Waals surface area contributed by atoms with Gasteiger partial charge in [-0.05, 0) is 6.07 Å². The van der Waals surface area contributed by atoms with E-state index >= 15 is 0 Å². The Labute approximate surface area is 128 Å². The van der Waals surface area contributed by atoms with Crippen molar-refractivity contribution in [3.8, 4) is 0 Å². The predicted molar refractivity (Wildman–Crippen MR) is 78.1 cm³/mol. The summed E-state index contributed by atoms with van der Waals surface area (Å²) < 4.78 is 4.97. The first-order valence-electron chi connectivity index (χ1n) is 6.76. The van der Waals surface area contributed by atoms with Gasteiger partial charge in [0.25, 0.3) is 5.91 Å². The fourth-order valence-electron chi connectivity index (χ4n) is 2.30. The van der Waals surface area contributed by atoms with Gasteiger partial charge in [-0.15, -0.1) is 0 Å². The molecule has 21 heavy (non-hydrogen) atoms. The Balaban J connectivity index is 1.83. The maximum Gasteiger partial charge on any atom is 0.252 e. The van der Waals surface area contributed by atoms with E-state index in [9.17, 15) is 9.59 Å². The predicted octanol–water partition coefficient (Wildman–Crippen LogP) is 0.960. The van der Waals surface area contributed by atoms with Gasteiger partial charge in [-0.2, -0.15) is 0 Å². The topological polar surface area (TPSA) is 71.5 Å². The summed E-state index contributed by atoms with van der Waals surface area (Å²) in [5.41, 5.74) is 0.396. The average Bonchev–Trinajstić information content (AvgIpc) is 2.83. The van der Waals surface area contributed by atoms with Crippen LogP contribution in [0.1, 0.15) is 16.8 Å². The van der Waals surface area contributed by atoms with Crippen LogP contribution in [0, 0.1) is 5.92 Å². The number of aromatic nitrogens is 1. The minimum absolute atomic E-state index is 0.105. The van der Waals surface area contributed by atoms with E-state index in [-0.39, 0.29) is 17.7 Å². The minimum atomic E-state index is -0.245. The molecule has 2 rings (SSSR count). The number of carbonyl (C=O) groups excluding carboxylic acids is 2. The van der Waals surface area contributed by atoms with Gasteiger partial charge >= 0.3 is 0 Å². The zero-order chi connectivity index (χ0) is 15.2. The molecule has 114 valence electrons. The summed E-state index contributed by atoms with van der Waals surface area (Å²) in [6, 6.07) is 1.57. The van der Waals surface area contributed by atoms with Crippen LogP contribution in [0.25, 0.3) is 0 Å². The molecule has 0 aliphatic carbocycles. The van der Waals surface area contributed by atoms with Crippen molar-refractivity contribution in [2.45, 2.75) is 6.42 Å². The first kappa shape index (κ1) is 15.7. The van der Waals surface area contributed by atoms with Crippen molar-refractivity contribution in [2.24, 2.45) is 5.92 Å². The van der Waals surface area contributed by atoms with Gasteiger partial charge in [-0.3, -0.25) is 14.6 Å². The van der Waals surface area contributed by atoms with Crippen LogP contribution >= 0.6 is 11.6 Å². The molecule has 1 aromatic heterocycles.